The molecule has 0 amide bonds. The fraction of sp³-hybridized carbons (Fsp3) is 0.0909. The lowest BCUT2D eigenvalue weighted by atomic mass is 10.1. The van der Waals surface area contributed by atoms with Crippen molar-refractivity contribution in [1.29, 1.82) is 0 Å². The van der Waals surface area contributed by atoms with Gasteiger partial charge in [-0.1, -0.05) is 24.3 Å². The van der Waals surface area contributed by atoms with Gasteiger partial charge in [-0.3, -0.25) is 10.3 Å². The molecule has 2 N–H and O–H groups in total. The van der Waals surface area contributed by atoms with Crippen molar-refractivity contribution in [3.63, 3.8) is 0 Å². The molecule has 0 saturated heterocycles. The maximum atomic E-state index is 9.60. The van der Waals surface area contributed by atoms with Gasteiger partial charge in [-0.05, 0) is 12.1 Å². The van der Waals surface area contributed by atoms with Crippen molar-refractivity contribution in [3.8, 4) is 5.75 Å². The molecule has 0 aliphatic carbocycles. The molecule has 2 aromatic carbocycles. The van der Waals surface area contributed by atoms with E-state index >= 15 is 0 Å². The van der Waals surface area contributed by atoms with Crippen molar-refractivity contribution in [2.75, 3.05) is 12.6 Å². The van der Waals surface area contributed by atoms with E-state index in [1.54, 1.807) is 19.2 Å². The van der Waals surface area contributed by atoms with E-state index in [1.807, 2.05) is 24.3 Å². The average Bonchev–Trinajstić information content (AvgIpc) is 2.23. The minimum absolute atomic E-state index is 0.280. The van der Waals surface area contributed by atoms with Crippen LogP contribution in [0, 0.1) is 0 Å². The van der Waals surface area contributed by atoms with Crippen LogP contribution in [-0.2, 0) is 4.84 Å². The van der Waals surface area contributed by atoms with Gasteiger partial charge in [-0.25, -0.2) is 0 Å². The van der Waals surface area contributed by atoms with Crippen LogP contribution in [0.5, 0.6) is 5.75 Å². The van der Waals surface area contributed by atoms with Gasteiger partial charge >= 0.3 is 0 Å². The zero-order valence-corrected chi connectivity index (χ0v) is 7.82. The molecule has 0 heterocycles. The number of hydrogen-bond donors (Lipinski definition) is 2. The van der Waals surface area contributed by atoms with Crippen LogP contribution in [0.1, 0.15) is 0 Å². The third-order valence-corrected chi connectivity index (χ3v) is 2.11. The zero-order valence-electron chi connectivity index (χ0n) is 7.82. The summed E-state index contributed by atoms with van der Waals surface area (Å²) in [4.78, 5) is 4.84. The smallest absolute Gasteiger partial charge is 0.123 e. The van der Waals surface area contributed by atoms with Crippen LogP contribution in [0.4, 0.5) is 5.69 Å². The Morgan fingerprint density at radius 3 is 2.50 bits per heavy atom. The van der Waals surface area contributed by atoms with E-state index in [9.17, 15) is 5.11 Å². The summed E-state index contributed by atoms with van der Waals surface area (Å²) < 4.78 is 0. The van der Waals surface area contributed by atoms with Crippen LogP contribution in [0.2, 0.25) is 0 Å². The summed E-state index contributed by atoms with van der Waals surface area (Å²) in [6.45, 7) is 0. The van der Waals surface area contributed by atoms with Gasteiger partial charge in [-0.2, -0.15) is 0 Å². The maximum Gasteiger partial charge on any atom is 0.123 e. The van der Waals surface area contributed by atoms with Crippen LogP contribution in [0.25, 0.3) is 10.8 Å². The summed E-state index contributed by atoms with van der Waals surface area (Å²) in [5.41, 5.74) is 3.61. The highest BCUT2D eigenvalue weighted by molar-refractivity contribution is 5.97. The first-order chi connectivity index (χ1) is 6.83. The van der Waals surface area contributed by atoms with Gasteiger partial charge in [0.1, 0.15) is 5.75 Å². The van der Waals surface area contributed by atoms with E-state index in [0.29, 0.717) is 0 Å². The highest BCUT2D eigenvalue weighted by Crippen LogP contribution is 2.30. The van der Waals surface area contributed by atoms with Gasteiger partial charge < -0.3 is 5.11 Å². The number of phenolic OH excluding ortho intramolecular Hbond substituents is 1. The molecule has 0 unspecified atom stereocenters. The Morgan fingerprint density at radius 2 is 1.79 bits per heavy atom. The molecule has 2 rings (SSSR count). The summed E-state index contributed by atoms with van der Waals surface area (Å²) in [7, 11) is 1.56. The first-order valence-corrected chi connectivity index (χ1v) is 4.32. The molecule has 3 heteroatoms. The Labute approximate surface area is 81.9 Å². The molecular formula is C11H11NO2. The second-order valence-electron chi connectivity index (χ2n) is 2.98. The quantitative estimate of drug-likeness (QED) is 0.563. The fourth-order valence-electron chi connectivity index (χ4n) is 1.48. The van der Waals surface area contributed by atoms with Crippen LogP contribution in [0.3, 0.4) is 0 Å². The molecule has 72 valence electrons. The molecule has 2 aromatic rings. The number of benzene rings is 2. The summed E-state index contributed by atoms with van der Waals surface area (Å²) >= 11 is 0. The van der Waals surface area contributed by atoms with Crippen molar-refractivity contribution in [2.45, 2.75) is 0 Å². The molecule has 0 fully saturated rings. The highest BCUT2D eigenvalue weighted by atomic mass is 16.6. The molecule has 0 saturated carbocycles. The average molecular weight is 189 g/mol. The van der Waals surface area contributed by atoms with Gasteiger partial charge in [-0.15, -0.1) is 0 Å². The molecule has 0 atom stereocenters. The van der Waals surface area contributed by atoms with E-state index in [-0.39, 0.29) is 5.75 Å². The Kier molecular flexibility index (Phi) is 2.24. The number of fused-ring (bicyclic) bond motifs is 1. The Balaban J connectivity index is 2.68. The lowest BCUT2D eigenvalue weighted by Crippen LogP contribution is -1.95. The third kappa shape index (κ3) is 1.38. The topological polar surface area (TPSA) is 41.5 Å². The van der Waals surface area contributed by atoms with Gasteiger partial charge in [0.25, 0.3) is 0 Å². The second kappa shape index (κ2) is 3.55. The minimum atomic E-state index is 0.280. The number of nitrogens with one attached hydrogen (secondary N) is 1. The lowest BCUT2D eigenvalue weighted by Gasteiger charge is -2.08. The second-order valence-corrected chi connectivity index (χ2v) is 2.98. The van der Waals surface area contributed by atoms with Gasteiger partial charge in [0.2, 0.25) is 0 Å². The van der Waals surface area contributed by atoms with Gasteiger partial charge in [0.15, 0.2) is 0 Å². The Morgan fingerprint density at radius 1 is 1.07 bits per heavy atom. The lowest BCUT2D eigenvalue weighted by molar-refractivity contribution is 0.271. The predicted octanol–water partition coefficient (Wildman–Crippen LogP) is 2.52. The highest BCUT2D eigenvalue weighted by Gasteiger charge is 2.03. The standard InChI is InChI=1S/C11H11NO2/c1-14-12-10-6-7-11(13)9-5-3-2-4-8(9)10/h2-7,12-13H,1H3. The number of anilines is 1. The number of phenols is 1. The summed E-state index contributed by atoms with van der Waals surface area (Å²) in [5.74, 6) is 0.280. The minimum Gasteiger partial charge on any atom is -0.507 e. The molecule has 0 spiro atoms. The van der Waals surface area contributed by atoms with Crippen molar-refractivity contribution in [3.05, 3.63) is 36.4 Å². The van der Waals surface area contributed by atoms with Gasteiger partial charge in [0, 0.05) is 10.8 Å². The molecule has 14 heavy (non-hydrogen) atoms. The Hall–Kier alpha value is -1.74. The molecule has 0 aliphatic heterocycles. The van der Waals surface area contributed by atoms with Crippen molar-refractivity contribution in [1.82, 2.24) is 0 Å². The number of rotatable bonds is 2. The van der Waals surface area contributed by atoms with Gasteiger partial charge in [0.05, 0.1) is 12.8 Å². The van der Waals surface area contributed by atoms with E-state index in [1.165, 1.54) is 0 Å². The number of aromatic hydroxyl groups is 1. The molecule has 0 bridgehead atoms. The predicted molar refractivity (Wildman–Crippen MR) is 56.2 cm³/mol. The molecule has 0 radical (unpaired) electrons. The molecular weight excluding hydrogens is 178 g/mol. The van der Waals surface area contributed by atoms with Crippen LogP contribution in [0.15, 0.2) is 36.4 Å². The maximum absolute atomic E-state index is 9.60. The first-order valence-electron chi connectivity index (χ1n) is 4.32. The SMILES string of the molecule is CONc1ccc(O)c2ccccc12. The molecule has 0 aromatic heterocycles. The summed E-state index contributed by atoms with van der Waals surface area (Å²) in [6.07, 6.45) is 0. The Bertz CT molecular complexity index is 454. The van der Waals surface area contributed by atoms with Crippen molar-refractivity contribution < 1.29 is 9.94 Å². The molecule has 3 nitrogen and oxygen atoms in total. The fourth-order valence-corrected chi connectivity index (χ4v) is 1.48. The van der Waals surface area contributed by atoms with Crippen molar-refractivity contribution >= 4 is 16.5 Å². The van der Waals surface area contributed by atoms with Crippen LogP contribution >= 0.6 is 0 Å². The summed E-state index contributed by atoms with van der Waals surface area (Å²) in [5, 5.41) is 11.3. The third-order valence-electron chi connectivity index (χ3n) is 2.11. The normalized spacial score (nSPS) is 10.4. The monoisotopic (exact) mass is 189 g/mol. The van der Waals surface area contributed by atoms with Crippen molar-refractivity contribution in [2.24, 2.45) is 0 Å². The van der Waals surface area contributed by atoms with E-state index < -0.39 is 0 Å². The zero-order chi connectivity index (χ0) is 9.97. The number of hydrogen-bond acceptors (Lipinski definition) is 3. The summed E-state index contributed by atoms with van der Waals surface area (Å²) in [6, 6.07) is 11.0. The van der Waals surface area contributed by atoms with E-state index in [2.05, 4.69) is 5.48 Å². The molecule has 0 aliphatic rings. The van der Waals surface area contributed by atoms with Crippen LogP contribution in [-0.4, -0.2) is 12.2 Å². The first kappa shape index (κ1) is 8.84. The van der Waals surface area contributed by atoms with E-state index in [4.69, 9.17) is 4.84 Å². The van der Waals surface area contributed by atoms with Crippen LogP contribution < -0.4 is 5.48 Å². The van der Waals surface area contributed by atoms with E-state index in [0.717, 1.165) is 16.5 Å². The largest absolute Gasteiger partial charge is 0.507 e.